The highest BCUT2D eigenvalue weighted by molar-refractivity contribution is 7.92. The summed E-state index contributed by atoms with van der Waals surface area (Å²) in [5.41, 5.74) is 0.753. The second-order valence-corrected chi connectivity index (χ2v) is 11.4. The van der Waals surface area contributed by atoms with Gasteiger partial charge in [-0.1, -0.05) is 18.0 Å². The molecule has 1 fully saturated rings. The number of nitrogens with one attached hydrogen (secondary N) is 1. The smallest absolute Gasteiger partial charge is 0.335 e. The summed E-state index contributed by atoms with van der Waals surface area (Å²) < 4.78 is 55.7. The summed E-state index contributed by atoms with van der Waals surface area (Å²) in [4.78, 5) is 11.0. The molecule has 3 rings (SSSR count). The van der Waals surface area contributed by atoms with Gasteiger partial charge in [-0.3, -0.25) is 4.72 Å². The normalized spacial score (nSPS) is 15.6. The monoisotopic (exact) mass is 486 g/mol. The highest BCUT2D eigenvalue weighted by atomic mass is 35.5. The van der Waals surface area contributed by atoms with Gasteiger partial charge in [0.25, 0.3) is 10.0 Å². The minimum atomic E-state index is -4.19. The largest absolute Gasteiger partial charge is 0.478 e. The molecule has 2 N–H and O–H groups in total. The van der Waals surface area contributed by atoms with E-state index in [9.17, 15) is 26.7 Å². The van der Waals surface area contributed by atoms with Crippen LogP contribution in [0.15, 0.2) is 40.1 Å². The van der Waals surface area contributed by atoms with E-state index in [4.69, 9.17) is 11.6 Å². The van der Waals surface area contributed by atoms with Gasteiger partial charge in [-0.25, -0.2) is 21.6 Å². The third-order valence-electron chi connectivity index (χ3n) is 5.27. The third-order valence-corrected chi connectivity index (χ3v) is 9.16. The summed E-state index contributed by atoms with van der Waals surface area (Å²) in [5.74, 6) is -1.25. The van der Waals surface area contributed by atoms with Gasteiger partial charge < -0.3 is 5.11 Å². The Balaban J connectivity index is 2.00. The number of carboxylic acids is 1. The van der Waals surface area contributed by atoms with Gasteiger partial charge in [-0.2, -0.15) is 4.31 Å². The molecule has 2 aromatic rings. The predicted octanol–water partition coefficient (Wildman–Crippen LogP) is 3.63. The van der Waals surface area contributed by atoms with Crippen LogP contribution in [0.3, 0.4) is 0 Å². The third kappa shape index (κ3) is 4.87. The number of rotatable bonds is 6. The molecule has 8 nitrogen and oxygen atoms in total. The Hall–Kier alpha value is -2.14. The zero-order valence-corrected chi connectivity index (χ0v) is 19.4. The minimum absolute atomic E-state index is 0.00609. The van der Waals surface area contributed by atoms with Crippen molar-refractivity contribution in [1.82, 2.24) is 4.31 Å². The molecule has 0 atom stereocenters. The molecule has 0 saturated carbocycles. The highest BCUT2D eigenvalue weighted by Crippen LogP contribution is 2.31. The van der Waals surface area contributed by atoms with E-state index >= 15 is 0 Å². The number of aromatic carboxylic acids is 1. The van der Waals surface area contributed by atoms with Crippen LogP contribution in [0.5, 0.6) is 0 Å². The van der Waals surface area contributed by atoms with Crippen molar-refractivity contribution >= 4 is 43.3 Å². The maximum Gasteiger partial charge on any atom is 0.335 e. The molecule has 1 aliphatic rings. The van der Waals surface area contributed by atoms with Crippen LogP contribution < -0.4 is 4.72 Å². The Morgan fingerprint density at radius 2 is 1.65 bits per heavy atom. The van der Waals surface area contributed by atoms with Crippen molar-refractivity contribution in [2.24, 2.45) is 0 Å². The molecule has 31 heavy (non-hydrogen) atoms. The van der Waals surface area contributed by atoms with Crippen molar-refractivity contribution in [3.8, 4) is 0 Å². The topological polar surface area (TPSA) is 121 Å². The van der Waals surface area contributed by atoms with E-state index in [1.807, 2.05) is 0 Å². The molecule has 0 spiro atoms. The van der Waals surface area contributed by atoms with Crippen LogP contribution in [0.4, 0.5) is 5.69 Å². The number of carbonyl (C=O) groups is 1. The number of hydrogen-bond acceptors (Lipinski definition) is 5. The second-order valence-electron chi connectivity index (χ2n) is 7.44. The zero-order valence-electron chi connectivity index (χ0n) is 17.1. The van der Waals surface area contributed by atoms with Gasteiger partial charge >= 0.3 is 5.97 Å². The van der Waals surface area contributed by atoms with E-state index in [0.29, 0.717) is 24.2 Å². The Bertz CT molecular complexity index is 1240. The average Bonchev–Trinajstić information content (AvgIpc) is 2.71. The van der Waals surface area contributed by atoms with Crippen LogP contribution in [-0.2, 0) is 20.0 Å². The molecule has 0 unspecified atom stereocenters. The van der Waals surface area contributed by atoms with Crippen LogP contribution in [0, 0.1) is 13.8 Å². The first-order chi connectivity index (χ1) is 14.4. The summed E-state index contributed by atoms with van der Waals surface area (Å²) in [6.45, 7) is 3.96. The number of benzene rings is 2. The van der Waals surface area contributed by atoms with Crippen molar-refractivity contribution in [1.29, 1.82) is 0 Å². The van der Waals surface area contributed by atoms with E-state index in [0.717, 1.165) is 25.3 Å². The van der Waals surface area contributed by atoms with Gasteiger partial charge in [0, 0.05) is 13.1 Å². The molecule has 1 saturated heterocycles. The molecule has 0 aromatic heterocycles. The fraction of sp³-hybridized carbons (Fsp3) is 0.350. The summed E-state index contributed by atoms with van der Waals surface area (Å²) in [7, 11) is -8.07. The lowest BCUT2D eigenvalue weighted by molar-refractivity contribution is 0.0696. The van der Waals surface area contributed by atoms with E-state index in [1.54, 1.807) is 13.8 Å². The summed E-state index contributed by atoms with van der Waals surface area (Å²) in [6, 6.07) is 6.34. The number of halogens is 1. The zero-order chi connectivity index (χ0) is 23.0. The Morgan fingerprint density at radius 1 is 1.00 bits per heavy atom. The fourth-order valence-electron chi connectivity index (χ4n) is 3.45. The van der Waals surface area contributed by atoms with Crippen LogP contribution in [0.2, 0.25) is 5.02 Å². The first kappa shape index (κ1) is 23.5. The Kier molecular flexibility index (Phi) is 6.66. The van der Waals surface area contributed by atoms with Gasteiger partial charge in [-0.05, 0) is 68.1 Å². The average molecular weight is 487 g/mol. The fourth-order valence-corrected chi connectivity index (χ4v) is 6.86. The standard InChI is InChI=1S/C20H23ClN2O6S2/c1-13-10-15(20(24)25)11-18(14(13)2)30(26,27)22-16-6-7-17(21)19(12-16)31(28,29)23-8-4-3-5-9-23/h6-7,10-12,22H,3-5,8-9H2,1-2H3,(H,24,25). The molecular formula is C20H23ClN2O6S2. The molecule has 0 amide bonds. The highest BCUT2D eigenvalue weighted by Gasteiger charge is 2.29. The number of piperidine rings is 1. The van der Waals surface area contributed by atoms with Crippen molar-refractivity contribution < 1.29 is 26.7 Å². The molecular weight excluding hydrogens is 464 g/mol. The number of nitrogens with zero attached hydrogens (tertiary/aromatic N) is 1. The van der Waals surface area contributed by atoms with Crippen molar-refractivity contribution in [3.05, 3.63) is 52.0 Å². The molecule has 0 bridgehead atoms. The van der Waals surface area contributed by atoms with Gasteiger partial charge in [0.1, 0.15) is 4.90 Å². The lowest BCUT2D eigenvalue weighted by atomic mass is 10.1. The molecule has 11 heteroatoms. The molecule has 0 radical (unpaired) electrons. The van der Waals surface area contributed by atoms with Crippen LogP contribution >= 0.6 is 11.6 Å². The number of anilines is 1. The van der Waals surface area contributed by atoms with Crippen LogP contribution in [0.25, 0.3) is 0 Å². The van der Waals surface area contributed by atoms with Crippen molar-refractivity contribution in [2.45, 2.75) is 42.9 Å². The number of aryl methyl sites for hydroxylation is 1. The number of carboxylic acid groups (broad SMARTS) is 1. The molecule has 1 aliphatic heterocycles. The number of sulfonamides is 2. The predicted molar refractivity (Wildman–Crippen MR) is 118 cm³/mol. The van der Waals surface area contributed by atoms with E-state index in [-0.39, 0.29) is 26.1 Å². The molecule has 168 valence electrons. The lowest BCUT2D eigenvalue weighted by Crippen LogP contribution is -2.35. The Morgan fingerprint density at radius 3 is 2.26 bits per heavy atom. The molecule has 1 heterocycles. The summed E-state index contributed by atoms with van der Waals surface area (Å²) >= 11 is 6.14. The quantitative estimate of drug-likeness (QED) is 0.643. The van der Waals surface area contributed by atoms with Gasteiger partial charge in [0.05, 0.1) is 21.2 Å². The maximum absolute atomic E-state index is 13.0. The lowest BCUT2D eigenvalue weighted by Gasteiger charge is -2.26. The second kappa shape index (κ2) is 8.78. The van der Waals surface area contributed by atoms with Crippen molar-refractivity contribution in [3.63, 3.8) is 0 Å². The van der Waals surface area contributed by atoms with Gasteiger partial charge in [-0.15, -0.1) is 0 Å². The first-order valence-electron chi connectivity index (χ1n) is 9.60. The first-order valence-corrected chi connectivity index (χ1v) is 12.9. The Labute approximate surface area is 186 Å². The summed E-state index contributed by atoms with van der Waals surface area (Å²) in [5, 5.41) is 9.25. The molecule has 0 aliphatic carbocycles. The maximum atomic E-state index is 13.0. The van der Waals surface area contributed by atoms with Gasteiger partial charge in [0.2, 0.25) is 10.0 Å². The van der Waals surface area contributed by atoms with Crippen LogP contribution in [0.1, 0.15) is 40.7 Å². The molecule has 2 aromatic carbocycles. The van der Waals surface area contributed by atoms with E-state index in [1.165, 1.54) is 28.6 Å². The van der Waals surface area contributed by atoms with E-state index in [2.05, 4.69) is 4.72 Å². The number of hydrogen-bond donors (Lipinski definition) is 2. The minimum Gasteiger partial charge on any atom is -0.478 e. The SMILES string of the molecule is Cc1cc(C(=O)O)cc(S(=O)(=O)Nc2ccc(Cl)c(S(=O)(=O)N3CCCCC3)c2)c1C. The summed E-state index contributed by atoms with van der Waals surface area (Å²) in [6.07, 6.45) is 2.46. The van der Waals surface area contributed by atoms with Crippen LogP contribution in [-0.4, -0.2) is 45.3 Å². The van der Waals surface area contributed by atoms with Gasteiger partial charge in [0.15, 0.2) is 0 Å². The van der Waals surface area contributed by atoms with Crippen molar-refractivity contribution in [2.75, 3.05) is 17.8 Å². The van der Waals surface area contributed by atoms with E-state index < -0.39 is 26.0 Å².